The third-order valence-corrected chi connectivity index (χ3v) is 4.65. The van der Waals surface area contributed by atoms with Gasteiger partial charge in [-0.3, -0.25) is 9.69 Å². The van der Waals surface area contributed by atoms with Gasteiger partial charge in [-0.2, -0.15) is 0 Å². The Balaban J connectivity index is 1.57. The van der Waals surface area contributed by atoms with Crippen molar-refractivity contribution in [1.82, 2.24) is 4.90 Å². The monoisotopic (exact) mass is 341 g/mol. The van der Waals surface area contributed by atoms with Gasteiger partial charge in [-0.25, -0.2) is 0 Å². The highest BCUT2D eigenvalue weighted by Crippen LogP contribution is 2.34. The molecular weight excluding hydrogens is 322 g/mol. The highest BCUT2D eigenvalue weighted by molar-refractivity contribution is 5.77. The molecule has 0 bridgehead atoms. The number of carboxylic acids is 1. The van der Waals surface area contributed by atoms with Crippen molar-refractivity contribution < 1.29 is 24.5 Å². The molecule has 2 aromatic carbocycles. The number of carbonyl (C=O) groups is 1. The smallest absolute Gasteiger partial charge is 0.312 e. The summed E-state index contributed by atoms with van der Waals surface area (Å²) in [5, 5.41) is 19.2. The van der Waals surface area contributed by atoms with Gasteiger partial charge in [0.05, 0.1) is 5.92 Å². The van der Waals surface area contributed by atoms with Crippen LogP contribution in [-0.2, 0) is 17.9 Å². The number of hydrogen-bond donors (Lipinski definition) is 2. The minimum atomic E-state index is -0.876. The second-order valence-corrected chi connectivity index (χ2v) is 6.42. The number of nitrogens with zero attached hydrogens (tertiary/aromatic N) is 1. The number of rotatable bonds is 3. The number of aliphatic carboxylic acids is 1. The molecule has 2 heterocycles. The molecule has 0 fully saturated rings. The lowest BCUT2D eigenvalue weighted by molar-refractivity contribution is -0.139. The average Bonchev–Trinajstić information content (AvgIpc) is 2.61. The van der Waals surface area contributed by atoms with Crippen molar-refractivity contribution in [3.8, 4) is 17.2 Å². The topological polar surface area (TPSA) is 79.2 Å². The average molecular weight is 341 g/mol. The maximum atomic E-state index is 11.7. The fraction of sp³-hybridized carbons (Fsp3) is 0.316. The minimum Gasteiger partial charge on any atom is -0.508 e. The summed E-state index contributed by atoms with van der Waals surface area (Å²) in [5.41, 5.74) is 2.69. The SMILES string of the molecule is O=C(O)C1CN(Cc2ccc3c(c2)OCCO3)Cc2ccc(O)cc21. The predicted molar refractivity (Wildman–Crippen MR) is 90.0 cm³/mol. The van der Waals surface area contributed by atoms with Gasteiger partial charge in [0.2, 0.25) is 0 Å². The molecule has 0 aliphatic carbocycles. The largest absolute Gasteiger partial charge is 0.508 e. The number of phenolic OH excluding ortho intramolecular Hbond substituents is 1. The summed E-state index contributed by atoms with van der Waals surface area (Å²) in [7, 11) is 0. The molecule has 0 radical (unpaired) electrons. The van der Waals surface area contributed by atoms with Gasteiger partial charge < -0.3 is 19.7 Å². The van der Waals surface area contributed by atoms with Crippen molar-refractivity contribution >= 4 is 5.97 Å². The van der Waals surface area contributed by atoms with E-state index >= 15 is 0 Å². The van der Waals surface area contributed by atoms with Crippen molar-refractivity contribution in [2.24, 2.45) is 0 Å². The van der Waals surface area contributed by atoms with Crippen molar-refractivity contribution in [1.29, 1.82) is 0 Å². The van der Waals surface area contributed by atoms with E-state index in [9.17, 15) is 15.0 Å². The highest BCUT2D eigenvalue weighted by Gasteiger charge is 2.30. The number of hydrogen-bond acceptors (Lipinski definition) is 5. The number of fused-ring (bicyclic) bond motifs is 2. The Morgan fingerprint density at radius 2 is 1.92 bits per heavy atom. The van der Waals surface area contributed by atoms with E-state index in [1.165, 1.54) is 0 Å². The second-order valence-electron chi connectivity index (χ2n) is 6.42. The lowest BCUT2D eigenvalue weighted by atomic mass is 9.89. The Labute approximate surface area is 145 Å². The van der Waals surface area contributed by atoms with E-state index in [2.05, 4.69) is 4.90 Å². The van der Waals surface area contributed by atoms with E-state index in [0.717, 1.165) is 22.6 Å². The fourth-order valence-electron chi connectivity index (χ4n) is 3.49. The number of ether oxygens (including phenoxy) is 2. The van der Waals surface area contributed by atoms with E-state index in [-0.39, 0.29) is 5.75 Å². The summed E-state index contributed by atoms with van der Waals surface area (Å²) < 4.78 is 11.2. The van der Waals surface area contributed by atoms with Crippen LogP contribution in [0.5, 0.6) is 17.2 Å². The number of benzene rings is 2. The molecule has 6 nitrogen and oxygen atoms in total. The molecule has 1 atom stereocenters. The van der Waals surface area contributed by atoms with Gasteiger partial charge >= 0.3 is 5.97 Å². The van der Waals surface area contributed by atoms with Gasteiger partial charge in [0.25, 0.3) is 0 Å². The fourth-order valence-corrected chi connectivity index (χ4v) is 3.49. The van der Waals surface area contributed by atoms with Gasteiger partial charge in [0.15, 0.2) is 11.5 Å². The van der Waals surface area contributed by atoms with Gasteiger partial charge in [0.1, 0.15) is 19.0 Å². The first-order chi connectivity index (χ1) is 12.1. The minimum absolute atomic E-state index is 0.102. The van der Waals surface area contributed by atoms with Crippen LogP contribution in [0.4, 0.5) is 0 Å². The summed E-state index contributed by atoms with van der Waals surface area (Å²) >= 11 is 0. The summed E-state index contributed by atoms with van der Waals surface area (Å²) in [6.07, 6.45) is 0. The van der Waals surface area contributed by atoms with Gasteiger partial charge in [-0.05, 0) is 41.0 Å². The van der Waals surface area contributed by atoms with Crippen LogP contribution in [0, 0.1) is 0 Å². The van der Waals surface area contributed by atoms with E-state index in [1.807, 2.05) is 18.2 Å². The summed E-state index contributed by atoms with van der Waals surface area (Å²) in [4.78, 5) is 13.8. The molecule has 4 rings (SSSR count). The van der Waals surface area contributed by atoms with Crippen molar-refractivity contribution in [2.45, 2.75) is 19.0 Å². The first-order valence-corrected chi connectivity index (χ1v) is 8.25. The number of aromatic hydroxyl groups is 1. The summed E-state index contributed by atoms with van der Waals surface area (Å²) in [6.45, 7) is 2.77. The molecule has 130 valence electrons. The molecule has 2 aromatic rings. The summed E-state index contributed by atoms with van der Waals surface area (Å²) in [5.74, 6) is 0.0656. The molecular formula is C19H19NO5. The number of carboxylic acid groups (broad SMARTS) is 1. The standard InChI is InChI=1S/C19H19NO5/c21-14-3-2-13-10-20(11-16(19(22)23)15(13)8-14)9-12-1-4-17-18(7-12)25-6-5-24-17/h1-4,7-8,16,21H,5-6,9-11H2,(H,22,23). The Bertz CT molecular complexity index is 819. The second kappa shape index (κ2) is 6.29. The van der Waals surface area contributed by atoms with Crippen LogP contribution < -0.4 is 9.47 Å². The summed E-state index contributed by atoms with van der Waals surface area (Å²) in [6, 6.07) is 10.8. The normalized spacial score (nSPS) is 19.3. The maximum Gasteiger partial charge on any atom is 0.312 e. The van der Waals surface area contributed by atoms with Crippen LogP contribution in [0.25, 0.3) is 0 Å². The van der Waals surface area contributed by atoms with Gasteiger partial charge in [0, 0.05) is 19.6 Å². The van der Waals surface area contributed by atoms with Crippen LogP contribution in [0.2, 0.25) is 0 Å². The van der Waals surface area contributed by atoms with E-state index < -0.39 is 11.9 Å². The lowest BCUT2D eigenvalue weighted by Gasteiger charge is -2.33. The lowest BCUT2D eigenvalue weighted by Crippen LogP contribution is -2.36. The molecule has 0 amide bonds. The Morgan fingerprint density at radius 3 is 2.72 bits per heavy atom. The zero-order valence-corrected chi connectivity index (χ0v) is 13.6. The quantitative estimate of drug-likeness (QED) is 0.892. The molecule has 0 spiro atoms. The van der Waals surface area contributed by atoms with Crippen LogP contribution in [-0.4, -0.2) is 40.8 Å². The third kappa shape index (κ3) is 3.13. The van der Waals surface area contributed by atoms with Gasteiger partial charge in [-0.15, -0.1) is 0 Å². The Kier molecular flexibility index (Phi) is 3.97. The molecule has 0 saturated carbocycles. The third-order valence-electron chi connectivity index (χ3n) is 4.65. The van der Waals surface area contributed by atoms with E-state index in [0.29, 0.717) is 38.4 Å². The molecule has 6 heteroatoms. The molecule has 0 saturated heterocycles. The van der Waals surface area contributed by atoms with Crippen LogP contribution in [0.3, 0.4) is 0 Å². The van der Waals surface area contributed by atoms with Crippen LogP contribution in [0.1, 0.15) is 22.6 Å². The van der Waals surface area contributed by atoms with Crippen molar-refractivity contribution in [3.05, 3.63) is 53.1 Å². The van der Waals surface area contributed by atoms with Crippen LogP contribution in [0.15, 0.2) is 36.4 Å². The Morgan fingerprint density at radius 1 is 1.12 bits per heavy atom. The Hall–Kier alpha value is -2.73. The predicted octanol–water partition coefficient (Wildman–Crippen LogP) is 2.35. The van der Waals surface area contributed by atoms with Gasteiger partial charge in [-0.1, -0.05) is 12.1 Å². The first kappa shape index (κ1) is 15.8. The van der Waals surface area contributed by atoms with Crippen molar-refractivity contribution in [3.63, 3.8) is 0 Å². The molecule has 2 aliphatic heterocycles. The molecule has 2 aliphatic rings. The highest BCUT2D eigenvalue weighted by atomic mass is 16.6. The zero-order valence-electron chi connectivity index (χ0n) is 13.6. The molecule has 0 aromatic heterocycles. The maximum absolute atomic E-state index is 11.7. The van der Waals surface area contributed by atoms with E-state index in [1.54, 1.807) is 18.2 Å². The van der Waals surface area contributed by atoms with E-state index in [4.69, 9.17) is 9.47 Å². The molecule has 1 unspecified atom stereocenters. The molecule has 25 heavy (non-hydrogen) atoms. The number of phenols is 1. The zero-order chi connectivity index (χ0) is 17.4. The molecule has 2 N–H and O–H groups in total. The first-order valence-electron chi connectivity index (χ1n) is 8.25. The van der Waals surface area contributed by atoms with Crippen molar-refractivity contribution in [2.75, 3.05) is 19.8 Å². The van der Waals surface area contributed by atoms with Crippen LogP contribution >= 0.6 is 0 Å².